The standard InChI is InChI=1S/C9H6F2N4O6S2/c10-4-3-5(22(16,17)18)8(7(11)9(4)23(19,20)21)13-6-1-2-12-15-14-6/h1-3H,(H,12,13,14)(H,16,17,18)(H,19,20,21). The van der Waals surface area contributed by atoms with Crippen molar-refractivity contribution in [3.63, 3.8) is 0 Å². The predicted molar refractivity (Wildman–Crippen MR) is 69.1 cm³/mol. The topological polar surface area (TPSA) is 159 Å². The van der Waals surface area contributed by atoms with Crippen molar-refractivity contribution in [2.45, 2.75) is 9.79 Å². The van der Waals surface area contributed by atoms with Crippen LogP contribution in [0.15, 0.2) is 28.1 Å². The molecule has 1 aromatic heterocycles. The molecule has 3 N–H and O–H groups in total. The van der Waals surface area contributed by atoms with Crippen LogP contribution in [0.2, 0.25) is 0 Å². The summed E-state index contributed by atoms with van der Waals surface area (Å²) in [6.45, 7) is 0. The van der Waals surface area contributed by atoms with Crippen LogP contribution in [0.5, 0.6) is 0 Å². The van der Waals surface area contributed by atoms with Crippen LogP contribution in [0.25, 0.3) is 0 Å². The molecule has 0 atom stereocenters. The van der Waals surface area contributed by atoms with Crippen molar-refractivity contribution in [1.82, 2.24) is 15.4 Å². The molecular formula is C9H6F2N4O6S2. The van der Waals surface area contributed by atoms with Gasteiger partial charge in [-0.3, -0.25) is 9.11 Å². The molecule has 10 nitrogen and oxygen atoms in total. The molecule has 2 rings (SSSR count). The van der Waals surface area contributed by atoms with E-state index in [1.165, 1.54) is 0 Å². The van der Waals surface area contributed by atoms with Crippen molar-refractivity contribution in [2.24, 2.45) is 0 Å². The highest BCUT2D eigenvalue weighted by atomic mass is 32.2. The number of hydrogen-bond donors (Lipinski definition) is 3. The summed E-state index contributed by atoms with van der Waals surface area (Å²) in [5, 5.41) is 11.8. The first kappa shape index (κ1) is 17.1. The molecule has 23 heavy (non-hydrogen) atoms. The molecule has 2 aromatic rings. The van der Waals surface area contributed by atoms with Crippen molar-refractivity contribution in [3.05, 3.63) is 30.0 Å². The van der Waals surface area contributed by atoms with Gasteiger partial charge in [-0.15, -0.1) is 10.2 Å². The summed E-state index contributed by atoms with van der Waals surface area (Å²) < 4.78 is 90.3. The van der Waals surface area contributed by atoms with Gasteiger partial charge in [0.05, 0.1) is 11.9 Å². The second-order valence-electron chi connectivity index (χ2n) is 3.96. The van der Waals surface area contributed by atoms with Crippen LogP contribution < -0.4 is 5.32 Å². The van der Waals surface area contributed by atoms with E-state index in [1.54, 1.807) is 0 Å². The normalized spacial score (nSPS) is 12.2. The summed E-state index contributed by atoms with van der Waals surface area (Å²) in [6.07, 6.45) is 1.08. The lowest BCUT2D eigenvalue weighted by Gasteiger charge is -2.13. The summed E-state index contributed by atoms with van der Waals surface area (Å²) in [7, 11) is -10.5. The fraction of sp³-hybridized carbons (Fsp3) is 0. The monoisotopic (exact) mass is 368 g/mol. The minimum Gasteiger partial charge on any atom is -0.335 e. The van der Waals surface area contributed by atoms with E-state index < -0.39 is 47.3 Å². The van der Waals surface area contributed by atoms with E-state index in [2.05, 4.69) is 15.4 Å². The minimum absolute atomic E-state index is 0.0263. The number of anilines is 2. The zero-order valence-electron chi connectivity index (χ0n) is 10.7. The number of nitrogens with one attached hydrogen (secondary N) is 1. The second kappa shape index (κ2) is 5.73. The van der Waals surface area contributed by atoms with Crippen molar-refractivity contribution in [3.8, 4) is 0 Å². The largest absolute Gasteiger partial charge is 0.335 e. The lowest BCUT2D eigenvalue weighted by Crippen LogP contribution is -2.13. The Kier molecular flexibility index (Phi) is 4.25. The van der Waals surface area contributed by atoms with Gasteiger partial charge in [0, 0.05) is 6.07 Å². The lowest BCUT2D eigenvalue weighted by atomic mass is 10.3. The van der Waals surface area contributed by atoms with Gasteiger partial charge in [-0.2, -0.15) is 16.8 Å². The number of nitrogens with zero attached hydrogens (tertiary/aromatic N) is 3. The van der Waals surface area contributed by atoms with Crippen molar-refractivity contribution < 1.29 is 34.7 Å². The average Bonchev–Trinajstić information content (AvgIpc) is 2.40. The van der Waals surface area contributed by atoms with E-state index in [0.29, 0.717) is 0 Å². The molecule has 14 heteroatoms. The maximum Gasteiger partial charge on any atom is 0.300 e. The highest BCUT2D eigenvalue weighted by Crippen LogP contribution is 2.33. The Morgan fingerprint density at radius 1 is 1.09 bits per heavy atom. The van der Waals surface area contributed by atoms with Gasteiger partial charge in [0.25, 0.3) is 20.2 Å². The first-order chi connectivity index (χ1) is 10.5. The predicted octanol–water partition coefficient (Wildman–Crippen LogP) is 0.387. The fourth-order valence-corrected chi connectivity index (χ4v) is 2.86. The Hall–Kier alpha value is -2.29. The molecule has 1 heterocycles. The molecule has 0 aliphatic carbocycles. The molecule has 0 bridgehead atoms. The number of hydrogen-bond acceptors (Lipinski definition) is 8. The molecule has 0 aliphatic rings. The molecule has 0 amide bonds. The first-order valence-electron chi connectivity index (χ1n) is 5.40. The van der Waals surface area contributed by atoms with Crippen molar-refractivity contribution in [1.29, 1.82) is 0 Å². The SMILES string of the molecule is O=S(=O)(O)c1cc(F)c(S(=O)(=O)O)c(F)c1Nc1ccnnn1. The number of aromatic nitrogens is 3. The Bertz CT molecular complexity index is 965. The van der Waals surface area contributed by atoms with Crippen LogP contribution in [-0.2, 0) is 20.2 Å². The quantitative estimate of drug-likeness (QED) is 0.644. The first-order valence-corrected chi connectivity index (χ1v) is 8.28. The van der Waals surface area contributed by atoms with E-state index in [0.717, 1.165) is 12.3 Å². The third-order valence-electron chi connectivity index (χ3n) is 2.43. The molecule has 0 unspecified atom stereocenters. The van der Waals surface area contributed by atoms with Crippen LogP contribution >= 0.6 is 0 Å². The van der Waals surface area contributed by atoms with Gasteiger partial charge < -0.3 is 5.32 Å². The zero-order valence-corrected chi connectivity index (χ0v) is 12.3. The van der Waals surface area contributed by atoms with Crippen LogP contribution in [0.4, 0.5) is 20.3 Å². The van der Waals surface area contributed by atoms with Gasteiger partial charge in [-0.05, 0) is 11.3 Å². The molecule has 0 saturated heterocycles. The van der Waals surface area contributed by atoms with Crippen LogP contribution in [0.3, 0.4) is 0 Å². The molecule has 124 valence electrons. The van der Waals surface area contributed by atoms with E-state index >= 15 is 0 Å². The maximum absolute atomic E-state index is 14.2. The van der Waals surface area contributed by atoms with Gasteiger partial charge in [-0.25, -0.2) is 8.78 Å². The summed E-state index contributed by atoms with van der Waals surface area (Å²) in [5.41, 5.74) is -1.15. The van der Waals surface area contributed by atoms with Crippen LogP contribution in [-0.4, -0.2) is 41.4 Å². The third kappa shape index (κ3) is 3.55. The molecule has 0 fully saturated rings. The molecule has 0 aliphatic heterocycles. The molecule has 0 spiro atoms. The Morgan fingerprint density at radius 3 is 2.22 bits per heavy atom. The summed E-state index contributed by atoms with van der Waals surface area (Å²) in [4.78, 5) is -3.10. The number of rotatable bonds is 4. The average molecular weight is 368 g/mol. The summed E-state index contributed by atoms with van der Waals surface area (Å²) >= 11 is 0. The lowest BCUT2D eigenvalue weighted by molar-refractivity contribution is 0.451. The zero-order chi connectivity index (χ0) is 17.4. The van der Waals surface area contributed by atoms with Crippen molar-refractivity contribution in [2.75, 3.05) is 5.32 Å². The van der Waals surface area contributed by atoms with Gasteiger partial charge >= 0.3 is 0 Å². The maximum atomic E-state index is 14.2. The van der Waals surface area contributed by atoms with E-state index in [1.807, 2.05) is 5.32 Å². The van der Waals surface area contributed by atoms with Gasteiger partial charge in [0.2, 0.25) is 0 Å². The van der Waals surface area contributed by atoms with Crippen molar-refractivity contribution >= 4 is 31.7 Å². The van der Waals surface area contributed by atoms with Gasteiger partial charge in [0.15, 0.2) is 16.5 Å². The van der Waals surface area contributed by atoms with Gasteiger partial charge in [-0.1, -0.05) is 0 Å². The summed E-state index contributed by atoms with van der Waals surface area (Å²) in [6, 6.07) is 1.12. The minimum atomic E-state index is -5.36. The Morgan fingerprint density at radius 2 is 1.74 bits per heavy atom. The number of halogens is 2. The molecular weight excluding hydrogens is 362 g/mol. The number of benzene rings is 1. The highest BCUT2D eigenvalue weighted by molar-refractivity contribution is 7.86. The van der Waals surface area contributed by atoms with E-state index in [9.17, 15) is 25.6 Å². The third-order valence-corrected chi connectivity index (χ3v) is 4.20. The molecule has 1 aromatic carbocycles. The highest BCUT2D eigenvalue weighted by Gasteiger charge is 2.31. The summed E-state index contributed by atoms with van der Waals surface area (Å²) in [5.74, 6) is -4.18. The van der Waals surface area contributed by atoms with Crippen LogP contribution in [0, 0.1) is 11.6 Å². The van der Waals surface area contributed by atoms with E-state index in [-0.39, 0.29) is 11.9 Å². The van der Waals surface area contributed by atoms with Crippen LogP contribution in [0.1, 0.15) is 0 Å². The van der Waals surface area contributed by atoms with E-state index in [4.69, 9.17) is 9.11 Å². The Labute approximate surface area is 127 Å². The molecule has 0 saturated carbocycles. The second-order valence-corrected chi connectivity index (χ2v) is 6.70. The Balaban J connectivity index is 2.81. The smallest absolute Gasteiger partial charge is 0.300 e. The van der Waals surface area contributed by atoms with Gasteiger partial charge in [0.1, 0.15) is 10.7 Å². The molecule has 0 radical (unpaired) electrons. The fourth-order valence-electron chi connectivity index (χ4n) is 1.57.